The molecule has 0 aliphatic carbocycles. The topological polar surface area (TPSA) is 135 Å². The Morgan fingerprint density at radius 1 is 1.33 bits per heavy atom. The molecule has 11 nitrogen and oxygen atoms in total. The van der Waals surface area contributed by atoms with E-state index in [-0.39, 0.29) is 12.6 Å². The standard InChI is InChI=1S/C12H19N3O8S/c16-11(13-22-9-2-1-5-21-7-9)10-4-3-8-6-14(10)12(17)15(8)23-24(18,19)20/h8-10H,1-7H2,(H,13,16)(H,18,19,20)/t8-,9?,10+/m1/s1. The molecule has 3 rings (SSSR count). The molecule has 3 heterocycles. The Morgan fingerprint density at radius 2 is 2.12 bits per heavy atom. The third-order valence-electron chi connectivity index (χ3n) is 4.24. The molecule has 24 heavy (non-hydrogen) atoms. The number of nitrogens with one attached hydrogen (secondary N) is 1. The SMILES string of the molecule is O=C(NOC1CCCOC1)[C@@H]1CC[C@@H]2CN1C(=O)N2OS(=O)(=O)O. The second-order valence-corrected chi connectivity index (χ2v) is 6.94. The molecule has 0 aromatic rings. The lowest BCUT2D eigenvalue weighted by Gasteiger charge is -2.30. The minimum Gasteiger partial charge on any atom is -0.379 e. The lowest BCUT2D eigenvalue weighted by atomic mass is 10.0. The summed E-state index contributed by atoms with van der Waals surface area (Å²) in [6.45, 7) is 1.20. The first-order chi connectivity index (χ1) is 11.3. The molecule has 12 heteroatoms. The fourth-order valence-corrected chi connectivity index (χ4v) is 3.51. The predicted octanol–water partition coefficient (Wildman–Crippen LogP) is -0.784. The van der Waals surface area contributed by atoms with E-state index in [4.69, 9.17) is 14.1 Å². The van der Waals surface area contributed by atoms with Crippen molar-refractivity contribution in [2.75, 3.05) is 19.8 Å². The van der Waals surface area contributed by atoms with E-state index in [0.29, 0.717) is 31.1 Å². The number of carbonyl (C=O) groups is 2. The molecule has 3 atom stereocenters. The van der Waals surface area contributed by atoms with Crippen LogP contribution in [0, 0.1) is 0 Å². The lowest BCUT2D eigenvalue weighted by molar-refractivity contribution is -0.150. The number of urea groups is 1. The van der Waals surface area contributed by atoms with Gasteiger partial charge in [-0.25, -0.2) is 10.3 Å². The maximum absolute atomic E-state index is 12.3. The average molecular weight is 365 g/mol. The van der Waals surface area contributed by atoms with Crippen LogP contribution in [0.2, 0.25) is 0 Å². The zero-order valence-electron chi connectivity index (χ0n) is 12.8. The van der Waals surface area contributed by atoms with Crippen molar-refractivity contribution in [3.8, 4) is 0 Å². The third kappa shape index (κ3) is 3.78. The summed E-state index contributed by atoms with van der Waals surface area (Å²) < 4.78 is 39.9. The minimum atomic E-state index is -4.80. The van der Waals surface area contributed by atoms with Gasteiger partial charge in [0, 0.05) is 13.2 Å². The maximum Gasteiger partial charge on any atom is 0.418 e. The van der Waals surface area contributed by atoms with Gasteiger partial charge in [0.25, 0.3) is 5.91 Å². The van der Waals surface area contributed by atoms with Gasteiger partial charge in [-0.3, -0.25) is 14.2 Å². The first kappa shape index (κ1) is 17.4. The average Bonchev–Trinajstić information content (AvgIpc) is 2.77. The Morgan fingerprint density at radius 3 is 2.79 bits per heavy atom. The molecule has 0 saturated carbocycles. The van der Waals surface area contributed by atoms with Crippen LogP contribution in [0.25, 0.3) is 0 Å². The molecular weight excluding hydrogens is 346 g/mol. The van der Waals surface area contributed by atoms with Crippen LogP contribution in [-0.2, 0) is 29.1 Å². The first-order valence-electron chi connectivity index (χ1n) is 7.65. The normalized spacial score (nSPS) is 30.5. The number of fused-ring (bicyclic) bond motifs is 2. The summed E-state index contributed by atoms with van der Waals surface area (Å²) in [5.74, 6) is -0.485. The molecule has 0 spiro atoms. The molecular formula is C12H19N3O8S. The number of carbonyl (C=O) groups excluding carboxylic acids is 2. The number of nitrogens with zero attached hydrogens (tertiary/aromatic N) is 2. The van der Waals surface area contributed by atoms with E-state index in [1.54, 1.807) is 0 Å². The van der Waals surface area contributed by atoms with Crippen molar-refractivity contribution >= 4 is 22.3 Å². The number of ether oxygens (including phenoxy) is 1. The summed E-state index contributed by atoms with van der Waals surface area (Å²) in [5.41, 5.74) is 2.35. The molecule has 2 bridgehead atoms. The zero-order valence-corrected chi connectivity index (χ0v) is 13.6. The second kappa shape index (κ2) is 6.80. The molecule has 3 fully saturated rings. The van der Waals surface area contributed by atoms with E-state index in [1.165, 1.54) is 4.90 Å². The molecule has 3 amide bonds. The monoisotopic (exact) mass is 365 g/mol. The van der Waals surface area contributed by atoms with Gasteiger partial charge in [-0.05, 0) is 25.7 Å². The summed E-state index contributed by atoms with van der Waals surface area (Å²) in [4.78, 5) is 31.0. The van der Waals surface area contributed by atoms with Crippen molar-refractivity contribution in [3.05, 3.63) is 0 Å². The van der Waals surface area contributed by atoms with Crippen molar-refractivity contribution in [2.45, 2.75) is 43.9 Å². The summed E-state index contributed by atoms with van der Waals surface area (Å²) in [7, 11) is -4.80. The fourth-order valence-electron chi connectivity index (χ4n) is 3.12. The van der Waals surface area contributed by atoms with Gasteiger partial charge in [0.1, 0.15) is 12.1 Å². The molecule has 3 aliphatic rings. The number of hydrogen-bond acceptors (Lipinski definition) is 7. The van der Waals surface area contributed by atoms with Crippen LogP contribution in [0.1, 0.15) is 25.7 Å². The second-order valence-electron chi connectivity index (χ2n) is 5.93. The lowest BCUT2D eigenvalue weighted by Crippen LogP contribution is -2.50. The smallest absolute Gasteiger partial charge is 0.379 e. The Labute approximate surface area is 138 Å². The van der Waals surface area contributed by atoms with Crippen LogP contribution in [-0.4, -0.2) is 72.8 Å². The van der Waals surface area contributed by atoms with Gasteiger partial charge in [0.2, 0.25) is 0 Å². The molecule has 1 unspecified atom stereocenters. The van der Waals surface area contributed by atoms with E-state index in [0.717, 1.165) is 12.8 Å². The highest BCUT2D eigenvalue weighted by molar-refractivity contribution is 7.80. The minimum absolute atomic E-state index is 0.138. The van der Waals surface area contributed by atoms with Crippen LogP contribution in [0.4, 0.5) is 4.79 Å². The van der Waals surface area contributed by atoms with Crippen LogP contribution in [0.5, 0.6) is 0 Å². The summed E-state index contributed by atoms with van der Waals surface area (Å²) in [6, 6.07) is -2.10. The summed E-state index contributed by atoms with van der Waals surface area (Å²) in [6.07, 6.45) is 2.08. The molecule has 0 aromatic carbocycles. The van der Waals surface area contributed by atoms with Gasteiger partial charge in [0.15, 0.2) is 0 Å². The number of hydrogen-bond donors (Lipinski definition) is 2. The summed E-state index contributed by atoms with van der Waals surface area (Å²) >= 11 is 0. The highest BCUT2D eigenvalue weighted by Gasteiger charge is 2.49. The zero-order chi connectivity index (χ0) is 17.3. The van der Waals surface area contributed by atoms with Gasteiger partial charge >= 0.3 is 16.4 Å². The van der Waals surface area contributed by atoms with Crippen molar-refractivity contribution in [2.24, 2.45) is 0 Å². The molecule has 2 N–H and O–H groups in total. The quantitative estimate of drug-likeness (QED) is 0.478. The largest absolute Gasteiger partial charge is 0.418 e. The van der Waals surface area contributed by atoms with E-state index in [9.17, 15) is 18.0 Å². The van der Waals surface area contributed by atoms with E-state index in [2.05, 4.69) is 9.76 Å². The van der Waals surface area contributed by atoms with E-state index < -0.39 is 34.4 Å². The predicted molar refractivity (Wildman–Crippen MR) is 76.5 cm³/mol. The van der Waals surface area contributed by atoms with Crippen molar-refractivity contribution in [1.82, 2.24) is 15.4 Å². The van der Waals surface area contributed by atoms with Gasteiger partial charge < -0.3 is 9.64 Å². The maximum atomic E-state index is 12.3. The third-order valence-corrected chi connectivity index (χ3v) is 4.59. The first-order valence-corrected chi connectivity index (χ1v) is 9.02. The highest BCUT2D eigenvalue weighted by Crippen LogP contribution is 2.30. The Kier molecular flexibility index (Phi) is 4.92. The van der Waals surface area contributed by atoms with E-state index >= 15 is 0 Å². The van der Waals surface area contributed by atoms with Gasteiger partial charge in [-0.2, -0.15) is 13.5 Å². The molecule has 0 radical (unpaired) electrons. The number of piperidine rings is 1. The fraction of sp³-hybridized carbons (Fsp3) is 0.833. The number of amides is 3. The van der Waals surface area contributed by atoms with Crippen molar-refractivity contribution < 1.29 is 36.4 Å². The van der Waals surface area contributed by atoms with Crippen molar-refractivity contribution in [1.29, 1.82) is 0 Å². The van der Waals surface area contributed by atoms with Gasteiger partial charge in [0.05, 0.1) is 12.6 Å². The number of hydroxylamine groups is 3. The van der Waals surface area contributed by atoms with Crippen LogP contribution >= 0.6 is 0 Å². The Hall–Kier alpha value is -1.47. The van der Waals surface area contributed by atoms with Gasteiger partial charge in [-0.15, -0.1) is 4.28 Å². The van der Waals surface area contributed by atoms with Crippen molar-refractivity contribution in [3.63, 3.8) is 0 Å². The van der Waals surface area contributed by atoms with Crippen LogP contribution < -0.4 is 5.48 Å². The molecule has 3 aliphatic heterocycles. The molecule has 136 valence electrons. The summed E-state index contributed by atoms with van der Waals surface area (Å²) in [5, 5.41) is 0.596. The van der Waals surface area contributed by atoms with Crippen LogP contribution in [0.15, 0.2) is 0 Å². The Bertz CT molecular complexity index is 605. The Balaban J connectivity index is 1.58. The highest BCUT2D eigenvalue weighted by atomic mass is 32.3. The van der Waals surface area contributed by atoms with E-state index in [1.807, 2.05) is 0 Å². The molecule has 0 aromatic heterocycles. The number of rotatable bonds is 5. The van der Waals surface area contributed by atoms with Gasteiger partial charge in [-0.1, -0.05) is 0 Å². The molecule has 3 saturated heterocycles. The van der Waals surface area contributed by atoms with Crippen LogP contribution in [0.3, 0.4) is 0 Å².